The van der Waals surface area contributed by atoms with Crippen LogP contribution in [-0.4, -0.2) is 47.7 Å². The highest BCUT2D eigenvalue weighted by atomic mass is 16.4. The molecule has 3 rings (SSSR count). The van der Waals surface area contributed by atoms with Gasteiger partial charge >= 0.3 is 5.97 Å². The summed E-state index contributed by atoms with van der Waals surface area (Å²) >= 11 is 0. The van der Waals surface area contributed by atoms with E-state index < -0.39 is 5.97 Å². The van der Waals surface area contributed by atoms with Crippen LogP contribution in [0.2, 0.25) is 0 Å². The van der Waals surface area contributed by atoms with Crippen molar-refractivity contribution in [1.29, 1.82) is 0 Å². The molecule has 2 N–H and O–H groups in total. The molecule has 0 spiro atoms. The van der Waals surface area contributed by atoms with Crippen LogP contribution < -0.4 is 5.32 Å². The zero-order valence-corrected chi connectivity index (χ0v) is 11.0. The summed E-state index contributed by atoms with van der Waals surface area (Å²) in [5, 5.41) is 12.6. The van der Waals surface area contributed by atoms with Crippen LogP contribution in [-0.2, 0) is 4.79 Å². The first-order valence-corrected chi connectivity index (χ1v) is 7.45. The summed E-state index contributed by atoms with van der Waals surface area (Å²) in [4.78, 5) is 13.6. The van der Waals surface area contributed by atoms with E-state index in [0.717, 1.165) is 24.9 Å². The highest BCUT2D eigenvalue weighted by Gasteiger charge is 2.39. The molecule has 2 aliphatic carbocycles. The third-order valence-corrected chi connectivity index (χ3v) is 5.01. The van der Waals surface area contributed by atoms with Gasteiger partial charge in [-0.15, -0.1) is 0 Å². The number of rotatable bonds is 3. The highest BCUT2D eigenvalue weighted by Crippen LogP contribution is 2.44. The molecule has 1 aliphatic heterocycles. The summed E-state index contributed by atoms with van der Waals surface area (Å²) in [7, 11) is 0. The molecule has 0 aromatic rings. The second-order valence-electron chi connectivity index (χ2n) is 6.21. The third-order valence-electron chi connectivity index (χ3n) is 5.01. The molecule has 0 radical (unpaired) electrons. The number of nitrogens with zero attached hydrogens (tertiary/aromatic N) is 1. The van der Waals surface area contributed by atoms with Gasteiger partial charge in [0.25, 0.3) is 0 Å². The monoisotopic (exact) mass is 252 g/mol. The van der Waals surface area contributed by atoms with Gasteiger partial charge in [0.15, 0.2) is 0 Å². The van der Waals surface area contributed by atoms with Crippen molar-refractivity contribution in [3.05, 3.63) is 0 Å². The van der Waals surface area contributed by atoms with E-state index in [2.05, 4.69) is 10.2 Å². The quantitative estimate of drug-likeness (QED) is 0.795. The Hall–Kier alpha value is -0.610. The largest absolute Gasteiger partial charge is 0.480 e. The van der Waals surface area contributed by atoms with E-state index in [1.54, 1.807) is 0 Å². The lowest BCUT2D eigenvalue weighted by atomic mass is 9.81. The summed E-state index contributed by atoms with van der Waals surface area (Å²) in [6.07, 6.45) is 7.96. The molecule has 0 aromatic carbocycles. The molecule has 1 saturated heterocycles. The average molecular weight is 252 g/mol. The average Bonchev–Trinajstić information content (AvgIpc) is 3.23. The number of piperazine rings is 1. The highest BCUT2D eigenvalue weighted by molar-refractivity contribution is 5.74. The van der Waals surface area contributed by atoms with E-state index in [4.69, 9.17) is 0 Å². The van der Waals surface area contributed by atoms with Crippen LogP contribution in [0.1, 0.15) is 38.5 Å². The Morgan fingerprint density at radius 3 is 2.72 bits per heavy atom. The van der Waals surface area contributed by atoms with Crippen LogP contribution in [0.5, 0.6) is 0 Å². The molecular formula is C14H24N2O2. The maximum Gasteiger partial charge on any atom is 0.322 e. The molecule has 4 heteroatoms. The lowest BCUT2D eigenvalue weighted by Gasteiger charge is -2.43. The number of nitrogens with one attached hydrogen (secondary N) is 1. The van der Waals surface area contributed by atoms with Crippen LogP contribution in [0.3, 0.4) is 0 Å². The van der Waals surface area contributed by atoms with E-state index in [0.29, 0.717) is 12.6 Å². The van der Waals surface area contributed by atoms with Gasteiger partial charge in [-0.25, -0.2) is 0 Å². The Bertz CT molecular complexity index is 317. The normalized spacial score (nSPS) is 38.6. The predicted octanol–water partition coefficient (Wildman–Crippen LogP) is 1.31. The summed E-state index contributed by atoms with van der Waals surface area (Å²) in [5.41, 5.74) is 0. The summed E-state index contributed by atoms with van der Waals surface area (Å²) < 4.78 is 0. The maximum absolute atomic E-state index is 11.4. The molecule has 3 aliphatic rings. The Kier molecular flexibility index (Phi) is 3.57. The molecule has 3 fully saturated rings. The van der Waals surface area contributed by atoms with Crippen molar-refractivity contribution in [2.45, 2.75) is 50.6 Å². The van der Waals surface area contributed by atoms with Crippen LogP contribution in [0.15, 0.2) is 0 Å². The number of hydrogen-bond donors (Lipinski definition) is 2. The van der Waals surface area contributed by atoms with Gasteiger partial charge in [0, 0.05) is 25.7 Å². The van der Waals surface area contributed by atoms with Crippen molar-refractivity contribution in [3.8, 4) is 0 Å². The van der Waals surface area contributed by atoms with Crippen molar-refractivity contribution in [3.63, 3.8) is 0 Å². The van der Waals surface area contributed by atoms with E-state index in [1.807, 2.05) is 0 Å². The van der Waals surface area contributed by atoms with Crippen molar-refractivity contribution >= 4 is 5.97 Å². The van der Waals surface area contributed by atoms with Crippen LogP contribution in [0.4, 0.5) is 0 Å². The minimum atomic E-state index is -0.657. The zero-order valence-electron chi connectivity index (χ0n) is 11.0. The van der Waals surface area contributed by atoms with E-state index in [9.17, 15) is 9.90 Å². The van der Waals surface area contributed by atoms with Gasteiger partial charge in [-0.3, -0.25) is 9.69 Å². The molecule has 18 heavy (non-hydrogen) atoms. The summed E-state index contributed by atoms with van der Waals surface area (Å²) in [6, 6.07) is 0.217. The maximum atomic E-state index is 11.4. The van der Waals surface area contributed by atoms with Gasteiger partial charge in [-0.2, -0.15) is 0 Å². The lowest BCUT2D eigenvalue weighted by molar-refractivity contribution is -0.145. The van der Waals surface area contributed by atoms with Gasteiger partial charge in [0.1, 0.15) is 6.04 Å². The number of carbonyl (C=O) groups is 1. The molecule has 0 aromatic heterocycles. The van der Waals surface area contributed by atoms with Gasteiger partial charge in [0.2, 0.25) is 0 Å². The number of carboxylic acid groups (broad SMARTS) is 1. The van der Waals surface area contributed by atoms with E-state index >= 15 is 0 Å². The summed E-state index contributed by atoms with van der Waals surface area (Å²) in [5.74, 6) is 1.20. The number of carboxylic acids is 1. The van der Waals surface area contributed by atoms with Gasteiger partial charge in [0.05, 0.1) is 0 Å². The molecular weight excluding hydrogens is 228 g/mol. The van der Waals surface area contributed by atoms with Crippen molar-refractivity contribution < 1.29 is 9.90 Å². The fraction of sp³-hybridized carbons (Fsp3) is 0.929. The molecule has 4 nitrogen and oxygen atoms in total. The molecule has 0 amide bonds. The van der Waals surface area contributed by atoms with Gasteiger partial charge < -0.3 is 10.4 Å². The fourth-order valence-corrected chi connectivity index (χ4v) is 3.88. The van der Waals surface area contributed by atoms with Crippen LogP contribution in [0.25, 0.3) is 0 Å². The first-order chi connectivity index (χ1) is 8.75. The fourth-order valence-electron chi connectivity index (χ4n) is 3.88. The predicted molar refractivity (Wildman–Crippen MR) is 69.5 cm³/mol. The molecule has 0 bridgehead atoms. The number of hydrogen-bond acceptors (Lipinski definition) is 3. The third kappa shape index (κ3) is 2.54. The van der Waals surface area contributed by atoms with Crippen molar-refractivity contribution in [2.24, 2.45) is 11.8 Å². The summed E-state index contributed by atoms with van der Waals surface area (Å²) in [6.45, 7) is 2.45. The molecule has 3 unspecified atom stereocenters. The standard InChI is InChI=1S/C14H24N2O2/c17-14(18)13-9-15-6-7-16(13)12-3-1-2-11(8-12)10-4-5-10/h10-13,15H,1-9H2,(H,17,18). The Morgan fingerprint density at radius 2 is 2.00 bits per heavy atom. The Morgan fingerprint density at radius 1 is 1.17 bits per heavy atom. The molecule has 102 valence electrons. The van der Waals surface area contributed by atoms with Crippen molar-refractivity contribution in [2.75, 3.05) is 19.6 Å². The van der Waals surface area contributed by atoms with Crippen LogP contribution in [0, 0.1) is 11.8 Å². The molecule has 1 heterocycles. The lowest BCUT2D eigenvalue weighted by Crippen LogP contribution is -2.59. The Labute approximate surface area is 109 Å². The van der Waals surface area contributed by atoms with Crippen LogP contribution >= 0.6 is 0 Å². The minimum absolute atomic E-state index is 0.304. The van der Waals surface area contributed by atoms with Gasteiger partial charge in [-0.05, 0) is 37.5 Å². The van der Waals surface area contributed by atoms with Crippen molar-refractivity contribution in [1.82, 2.24) is 10.2 Å². The smallest absolute Gasteiger partial charge is 0.322 e. The molecule has 3 atom stereocenters. The minimum Gasteiger partial charge on any atom is -0.480 e. The van der Waals surface area contributed by atoms with E-state index in [1.165, 1.54) is 38.5 Å². The van der Waals surface area contributed by atoms with E-state index in [-0.39, 0.29) is 6.04 Å². The van der Waals surface area contributed by atoms with Gasteiger partial charge in [-0.1, -0.05) is 12.8 Å². The Balaban J connectivity index is 1.65. The zero-order chi connectivity index (χ0) is 12.5. The molecule has 2 saturated carbocycles. The number of aliphatic carboxylic acids is 1. The first kappa shape index (κ1) is 12.4. The first-order valence-electron chi connectivity index (χ1n) is 7.45. The second kappa shape index (κ2) is 5.17. The topological polar surface area (TPSA) is 52.6 Å². The SMILES string of the molecule is O=C(O)C1CNCCN1C1CCCC(C2CC2)C1. The second-order valence-corrected chi connectivity index (χ2v) is 6.21.